The van der Waals surface area contributed by atoms with Crippen LogP contribution >= 0.6 is 0 Å². The predicted molar refractivity (Wildman–Crippen MR) is 133 cm³/mol. The minimum atomic E-state index is 0.0602. The fraction of sp³-hybridized carbons (Fsp3) is 0.464. The summed E-state index contributed by atoms with van der Waals surface area (Å²) in [5.41, 5.74) is 4.12. The lowest BCUT2D eigenvalue weighted by Gasteiger charge is -2.34. The number of amides is 3. The van der Waals surface area contributed by atoms with Gasteiger partial charge in [-0.25, -0.2) is 0 Å². The van der Waals surface area contributed by atoms with Crippen LogP contribution in [-0.2, 0) is 27.3 Å². The van der Waals surface area contributed by atoms with E-state index in [4.69, 9.17) is 0 Å². The van der Waals surface area contributed by atoms with Gasteiger partial charge in [-0.3, -0.25) is 14.4 Å². The molecule has 34 heavy (non-hydrogen) atoms. The van der Waals surface area contributed by atoms with E-state index in [1.54, 1.807) is 11.8 Å². The Morgan fingerprint density at radius 2 is 1.53 bits per heavy atom. The van der Waals surface area contributed by atoms with E-state index in [-0.39, 0.29) is 23.6 Å². The van der Waals surface area contributed by atoms with Gasteiger partial charge in [-0.15, -0.1) is 0 Å². The van der Waals surface area contributed by atoms with Crippen molar-refractivity contribution in [3.8, 4) is 0 Å². The summed E-state index contributed by atoms with van der Waals surface area (Å²) < 4.78 is 0. The van der Waals surface area contributed by atoms with Crippen LogP contribution in [0, 0.1) is 12.8 Å². The largest absolute Gasteiger partial charge is 0.339 e. The lowest BCUT2D eigenvalue weighted by atomic mass is 10.0. The maximum Gasteiger partial charge on any atom is 0.230 e. The highest BCUT2D eigenvalue weighted by atomic mass is 16.2. The van der Waals surface area contributed by atoms with Crippen LogP contribution in [0.2, 0.25) is 0 Å². The van der Waals surface area contributed by atoms with Gasteiger partial charge in [0.15, 0.2) is 0 Å². The van der Waals surface area contributed by atoms with Crippen molar-refractivity contribution in [1.29, 1.82) is 0 Å². The van der Waals surface area contributed by atoms with Crippen LogP contribution in [0.15, 0.2) is 48.5 Å². The van der Waals surface area contributed by atoms with Crippen molar-refractivity contribution in [3.05, 3.63) is 65.2 Å². The highest BCUT2D eigenvalue weighted by molar-refractivity contribution is 5.95. The van der Waals surface area contributed by atoms with Crippen molar-refractivity contribution >= 4 is 23.4 Å². The number of hydrogen-bond acceptors (Lipinski definition) is 3. The van der Waals surface area contributed by atoms with Crippen LogP contribution in [0.4, 0.5) is 5.69 Å². The fourth-order valence-corrected chi connectivity index (χ4v) is 5.03. The third-order valence-corrected chi connectivity index (χ3v) is 7.07. The first-order valence-electron chi connectivity index (χ1n) is 12.4. The first-order chi connectivity index (χ1) is 16.4. The van der Waals surface area contributed by atoms with E-state index in [9.17, 15) is 14.4 Å². The van der Waals surface area contributed by atoms with Crippen molar-refractivity contribution in [3.63, 3.8) is 0 Å². The van der Waals surface area contributed by atoms with Gasteiger partial charge in [0.2, 0.25) is 17.7 Å². The molecule has 1 aliphatic heterocycles. The first-order valence-corrected chi connectivity index (χ1v) is 12.4. The molecule has 0 aromatic heterocycles. The highest BCUT2D eigenvalue weighted by Gasteiger charge is 2.28. The minimum Gasteiger partial charge on any atom is -0.339 e. The van der Waals surface area contributed by atoms with Crippen LogP contribution < -0.4 is 4.90 Å². The summed E-state index contributed by atoms with van der Waals surface area (Å²) in [5, 5.41) is 0. The predicted octanol–water partition coefficient (Wildman–Crippen LogP) is 3.95. The van der Waals surface area contributed by atoms with Gasteiger partial charge >= 0.3 is 0 Å². The van der Waals surface area contributed by atoms with Gasteiger partial charge in [0.1, 0.15) is 0 Å². The molecule has 2 fully saturated rings. The van der Waals surface area contributed by atoms with E-state index in [0.717, 1.165) is 42.5 Å². The molecule has 6 heteroatoms. The van der Waals surface area contributed by atoms with E-state index in [1.165, 1.54) is 5.56 Å². The topological polar surface area (TPSA) is 60.9 Å². The molecule has 2 aliphatic rings. The van der Waals surface area contributed by atoms with Crippen molar-refractivity contribution in [2.24, 2.45) is 5.92 Å². The Kier molecular flexibility index (Phi) is 7.66. The SMILES string of the molecule is CC(=O)N1CCN(C(=O)Cc2ccc(N(Cc3cccc(C)c3)C(=O)C3CCCC3)cc2)CC1. The van der Waals surface area contributed by atoms with Gasteiger partial charge in [0.25, 0.3) is 0 Å². The number of hydrogen-bond donors (Lipinski definition) is 0. The Balaban J connectivity index is 1.44. The Morgan fingerprint density at radius 1 is 0.882 bits per heavy atom. The highest BCUT2D eigenvalue weighted by Crippen LogP contribution is 2.30. The molecule has 6 nitrogen and oxygen atoms in total. The molecule has 0 N–H and O–H groups in total. The van der Waals surface area contributed by atoms with Crippen molar-refractivity contribution in [1.82, 2.24) is 9.80 Å². The summed E-state index contributed by atoms with van der Waals surface area (Å²) >= 11 is 0. The maximum atomic E-state index is 13.4. The second-order valence-corrected chi connectivity index (χ2v) is 9.62. The molecule has 1 aliphatic carbocycles. The number of rotatable bonds is 6. The van der Waals surface area contributed by atoms with E-state index in [1.807, 2.05) is 40.1 Å². The molecule has 0 spiro atoms. The van der Waals surface area contributed by atoms with Crippen molar-refractivity contribution in [2.45, 2.75) is 52.5 Å². The number of nitrogens with zero attached hydrogens (tertiary/aromatic N) is 3. The number of carbonyl (C=O) groups excluding carboxylic acids is 3. The molecule has 2 aromatic carbocycles. The molecular formula is C28H35N3O3. The Bertz CT molecular complexity index is 1020. The first kappa shape index (κ1) is 24.0. The average molecular weight is 462 g/mol. The summed E-state index contributed by atoms with van der Waals surface area (Å²) in [5.74, 6) is 0.436. The molecule has 4 rings (SSSR count). The van der Waals surface area contributed by atoms with Gasteiger partial charge in [-0.1, -0.05) is 54.8 Å². The summed E-state index contributed by atoms with van der Waals surface area (Å²) in [6.45, 7) is 6.54. The number of anilines is 1. The Hall–Kier alpha value is -3.15. The van der Waals surface area contributed by atoms with Gasteiger partial charge in [0, 0.05) is 44.7 Å². The van der Waals surface area contributed by atoms with Gasteiger partial charge in [-0.05, 0) is 43.0 Å². The summed E-state index contributed by atoms with van der Waals surface area (Å²) in [4.78, 5) is 43.2. The van der Waals surface area contributed by atoms with Crippen LogP contribution in [-0.4, -0.2) is 53.7 Å². The van der Waals surface area contributed by atoms with Gasteiger partial charge in [0.05, 0.1) is 13.0 Å². The number of benzene rings is 2. The number of aryl methyl sites for hydroxylation is 1. The quantitative estimate of drug-likeness (QED) is 0.654. The summed E-state index contributed by atoms with van der Waals surface area (Å²) in [6, 6.07) is 16.2. The van der Waals surface area contributed by atoms with Crippen molar-refractivity contribution < 1.29 is 14.4 Å². The smallest absolute Gasteiger partial charge is 0.230 e. The third kappa shape index (κ3) is 5.85. The Labute approximate surface area is 202 Å². The molecular weight excluding hydrogens is 426 g/mol. The van der Waals surface area contributed by atoms with Crippen molar-refractivity contribution in [2.75, 3.05) is 31.1 Å². The van der Waals surface area contributed by atoms with Gasteiger partial charge in [-0.2, -0.15) is 0 Å². The molecule has 0 unspecified atom stereocenters. The van der Waals surface area contributed by atoms with Crippen LogP contribution in [0.25, 0.3) is 0 Å². The monoisotopic (exact) mass is 461 g/mol. The molecule has 1 saturated heterocycles. The van der Waals surface area contributed by atoms with E-state index >= 15 is 0 Å². The third-order valence-electron chi connectivity index (χ3n) is 7.07. The average Bonchev–Trinajstić information content (AvgIpc) is 3.38. The molecule has 0 radical (unpaired) electrons. The fourth-order valence-electron chi connectivity index (χ4n) is 5.03. The zero-order valence-corrected chi connectivity index (χ0v) is 20.3. The molecule has 3 amide bonds. The summed E-state index contributed by atoms with van der Waals surface area (Å²) in [6.07, 6.45) is 4.50. The number of carbonyl (C=O) groups is 3. The normalized spacial score (nSPS) is 16.5. The molecule has 1 heterocycles. The lowest BCUT2D eigenvalue weighted by molar-refractivity contribution is -0.138. The second kappa shape index (κ2) is 10.9. The molecule has 0 bridgehead atoms. The lowest BCUT2D eigenvalue weighted by Crippen LogP contribution is -2.50. The van der Waals surface area contributed by atoms with Crippen LogP contribution in [0.3, 0.4) is 0 Å². The minimum absolute atomic E-state index is 0.0602. The van der Waals surface area contributed by atoms with E-state index in [0.29, 0.717) is 39.1 Å². The Morgan fingerprint density at radius 3 is 2.15 bits per heavy atom. The summed E-state index contributed by atoms with van der Waals surface area (Å²) in [7, 11) is 0. The molecule has 180 valence electrons. The van der Waals surface area contributed by atoms with E-state index < -0.39 is 0 Å². The van der Waals surface area contributed by atoms with Crippen LogP contribution in [0.1, 0.15) is 49.3 Å². The van der Waals surface area contributed by atoms with Crippen LogP contribution in [0.5, 0.6) is 0 Å². The molecule has 1 saturated carbocycles. The number of piperazine rings is 1. The standard InChI is InChI=1S/C28H35N3O3/c1-21-6-5-7-24(18-21)20-31(28(34)25-8-3-4-9-25)26-12-10-23(11-13-26)19-27(33)30-16-14-29(15-17-30)22(2)32/h5-7,10-13,18,25H,3-4,8-9,14-17,19-20H2,1-2H3. The maximum absolute atomic E-state index is 13.4. The zero-order chi connectivity index (χ0) is 24.1. The van der Waals surface area contributed by atoms with Gasteiger partial charge < -0.3 is 14.7 Å². The zero-order valence-electron chi connectivity index (χ0n) is 20.3. The molecule has 0 atom stereocenters. The second-order valence-electron chi connectivity index (χ2n) is 9.62. The van der Waals surface area contributed by atoms with E-state index in [2.05, 4.69) is 25.1 Å². The molecule has 2 aromatic rings.